The fourth-order valence-corrected chi connectivity index (χ4v) is 4.41. The van der Waals surface area contributed by atoms with Crippen LogP contribution in [0.4, 0.5) is 0 Å². The Morgan fingerprint density at radius 2 is 1.45 bits per heavy atom. The van der Waals surface area contributed by atoms with Gasteiger partial charge in [0.15, 0.2) is 0 Å². The number of amides is 1. The number of piperazine rings is 1. The van der Waals surface area contributed by atoms with Crippen molar-refractivity contribution in [1.29, 1.82) is 0 Å². The summed E-state index contributed by atoms with van der Waals surface area (Å²) in [6.45, 7) is 4.91. The molecule has 0 aliphatic carbocycles. The zero-order valence-corrected chi connectivity index (χ0v) is 18.5. The van der Waals surface area contributed by atoms with E-state index in [1.54, 1.807) is 11.8 Å². The van der Waals surface area contributed by atoms with E-state index in [2.05, 4.69) is 41.3 Å². The van der Waals surface area contributed by atoms with E-state index in [1.807, 2.05) is 53.4 Å². The van der Waals surface area contributed by atoms with Crippen LogP contribution in [-0.4, -0.2) is 54.2 Å². The first-order valence-corrected chi connectivity index (χ1v) is 11.7. The lowest BCUT2D eigenvalue weighted by atomic mass is 10.1. The number of carbonyl (C=O) groups is 1. The van der Waals surface area contributed by atoms with Crippen LogP contribution in [0.2, 0.25) is 0 Å². The molecule has 3 aromatic rings. The Morgan fingerprint density at radius 3 is 2.13 bits per heavy atom. The molecule has 31 heavy (non-hydrogen) atoms. The minimum atomic E-state index is 0.102. The van der Waals surface area contributed by atoms with E-state index in [9.17, 15) is 4.79 Å². The lowest BCUT2D eigenvalue weighted by Gasteiger charge is -2.34. The fourth-order valence-electron chi connectivity index (χ4n) is 3.66. The van der Waals surface area contributed by atoms with Gasteiger partial charge in [0.05, 0.1) is 6.61 Å². The summed E-state index contributed by atoms with van der Waals surface area (Å²) in [6.07, 6.45) is 0. The van der Waals surface area contributed by atoms with Crippen molar-refractivity contribution < 1.29 is 9.53 Å². The summed E-state index contributed by atoms with van der Waals surface area (Å²) in [7, 11) is 0. The van der Waals surface area contributed by atoms with E-state index in [-0.39, 0.29) is 5.91 Å². The number of thioether (sulfide) groups is 1. The number of hydrogen-bond acceptors (Lipinski definition) is 4. The maximum atomic E-state index is 12.9. The molecule has 1 heterocycles. The molecule has 0 radical (unpaired) electrons. The highest BCUT2D eigenvalue weighted by molar-refractivity contribution is 7.99. The van der Waals surface area contributed by atoms with Gasteiger partial charge in [-0.2, -0.15) is 0 Å². The summed E-state index contributed by atoms with van der Waals surface area (Å²) in [5.41, 5.74) is 2.04. The fraction of sp³-hybridized carbons (Fsp3) is 0.269. The molecule has 160 valence electrons. The predicted octanol–water partition coefficient (Wildman–Crippen LogP) is 4.82. The van der Waals surface area contributed by atoms with Crippen LogP contribution in [-0.2, 0) is 6.54 Å². The van der Waals surface area contributed by atoms with Gasteiger partial charge in [-0.1, -0.05) is 48.5 Å². The molecule has 0 N–H and O–H groups in total. The highest BCUT2D eigenvalue weighted by Gasteiger charge is 2.22. The standard InChI is InChI=1S/C26H28N2O2S/c29-26(28-17-15-27(16-18-28)21-22-7-3-1-4-8-22)23-11-13-24(14-12-23)30-19-20-31-25-9-5-2-6-10-25/h1-14H,15-21H2. The highest BCUT2D eigenvalue weighted by atomic mass is 32.2. The Morgan fingerprint density at radius 1 is 0.806 bits per heavy atom. The summed E-state index contributed by atoms with van der Waals surface area (Å²) in [4.78, 5) is 18.5. The van der Waals surface area contributed by atoms with Crippen LogP contribution in [0, 0.1) is 0 Å². The van der Waals surface area contributed by atoms with Crippen LogP contribution in [0.1, 0.15) is 15.9 Å². The van der Waals surface area contributed by atoms with Crippen LogP contribution in [0.5, 0.6) is 5.75 Å². The smallest absolute Gasteiger partial charge is 0.253 e. The third-order valence-electron chi connectivity index (χ3n) is 5.37. The molecule has 0 atom stereocenters. The minimum absolute atomic E-state index is 0.102. The van der Waals surface area contributed by atoms with Gasteiger partial charge in [0.1, 0.15) is 5.75 Å². The lowest BCUT2D eigenvalue weighted by molar-refractivity contribution is 0.0628. The monoisotopic (exact) mass is 432 g/mol. The first-order chi connectivity index (χ1) is 15.3. The summed E-state index contributed by atoms with van der Waals surface area (Å²) < 4.78 is 5.83. The number of ether oxygens (including phenoxy) is 1. The number of hydrogen-bond donors (Lipinski definition) is 0. The number of carbonyl (C=O) groups excluding carboxylic acids is 1. The molecule has 0 aromatic heterocycles. The Hall–Kier alpha value is -2.76. The van der Waals surface area contributed by atoms with Gasteiger partial charge in [0, 0.05) is 48.9 Å². The molecule has 4 nitrogen and oxygen atoms in total. The van der Waals surface area contributed by atoms with E-state index in [1.165, 1.54) is 10.5 Å². The van der Waals surface area contributed by atoms with Crippen molar-refractivity contribution in [3.8, 4) is 5.75 Å². The molecule has 1 aliphatic rings. The molecule has 5 heteroatoms. The topological polar surface area (TPSA) is 32.8 Å². The third kappa shape index (κ3) is 6.36. The molecule has 3 aromatic carbocycles. The Balaban J connectivity index is 1.20. The van der Waals surface area contributed by atoms with Crippen molar-refractivity contribution in [1.82, 2.24) is 9.80 Å². The number of benzene rings is 3. The first kappa shape index (κ1) is 21.5. The minimum Gasteiger partial charge on any atom is -0.493 e. The Bertz CT molecular complexity index is 940. The Kier molecular flexibility index (Phi) is 7.64. The van der Waals surface area contributed by atoms with Crippen LogP contribution >= 0.6 is 11.8 Å². The molecule has 1 fully saturated rings. The molecule has 4 rings (SSSR count). The molecule has 0 unspecified atom stereocenters. The molecule has 1 aliphatic heterocycles. The summed E-state index contributed by atoms with van der Waals surface area (Å²) in [6, 6.07) is 28.4. The van der Waals surface area contributed by atoms with Gasteiger partial charge in [-0.05, 0) is 42.0 Å². The van der Waals surface area contributed by atoms with E-state index >= 15 is 0 Å². The maximum Gasteiger partial charge on any atom is 0.253 e. The Labute approximate surface area is 188 Å². The summed E-state index contributed by atoms with van der Waals surface area (Å²) in [5.74, 6) is 1.79. The van der Waals surface area contributed by atoms with Gasteiger partial charge in [0.2, 0.25) is 0 Å². The molecule has 0 spiro atoms. The maximum absolute atomic E-state index is 12.9. The zero-order valence-electron chi connectivity index (χ0n) is 17.7. The van der Waals surface area contributed by atoms with E-state index in [0.29, 0.717) is 6.61 Å². The highest BCUT2D eigenvalue weighted by Crippen LogP contribution is 2.19. The number of nitrogens with zero attached hydrogens (tertiary/aromatic N) is 2. The van der Waals surface area contributed by atoms with Crippen molar-refractivity contribution in [2.45, 2.75) is 11.4 Å². The van der Waals surface area contributed by atoms with Gasteiger partial charge >= 0.3 is 0 Å². The quantitative estimate of drug-likeness (QED) is 0.378. The molecule has 1 saturated heterocycles. The molecular formula is C26H28N2O2S. The second-order valence-electron chi connectivity index (χ2n) is 7.59. The van der Waals surface area contributed by atoms with Crippen molar-refractivity contribution in [3.05, 3.63) is 96.1 Å². The molecule has 0 bridgehead atoms. The largest absolute Gasteiger partial charge is 0.493 e. The van der Waals surface area contributed by atoms with E-state index in [0.717, 1.165) is 49.8 Å². The predicted molar refractivity (Wildman–Crippen MR) is 127 cm³/mol. The van der Waals surface area contributed by atoms with Gasteiger partial charge in [-0.25, -0.2) is 0 Å². The molecule has 1 amide bonds. The van der Waals surface area contributed by atoms with Gasteiger partial charge in [-0.15, -0.1) is 11.8 Å². The third-order valence-corrected chi connectivity index (χ3v) is 6.35. The van der Waals surface area contributed by atoms with Crippen LogP contribution in [0.25, 0.3) is 0 Å². The second kappa shape index (κ2) is 11.0. The van der Waals surface area contributed by atoms with Crippen molar-refractivity contribution >= 4 is 17.7 Å². The van der Waals surface area contributed by atoms with Gasteiger partial charge < -0.3 is 9.64 Å². The molecular weight excluding hydrogens is 404 g/mol. The SMILES string of the molecule is O=C(c1ccc(OCCSc2ccccc2)cc1)N1CCN(Cc2ccccc2)CC1. The van der Waals surface area contributed by atoms with Crippen LogP contribution in [0.3, 0.4) is 0 Å². The van der Waals surface area contributed by atoms with E-state index in [4.69, 9.17) is 4.74 Å². The van der Waals surface area contributed by atoms with Crippen LogP contribution in [0.15, 0.2) is 89.8 Å². The van der Waals surface area contributed by atoms with Crippen molar-refractivity contribution in [2.24, 2.45) is 0 Å². The normalized spacial score (nSPS) is 14.4. The van der Waals surface area contributed by atoms with E-state index < -0.39 is 0 Å². The summed E-state index contributed by atoms with van der Waals surface area (Å²) in [5, 5.41) is 0. The zero-order chi connectivity index (χ0) is 21.3. The van der Waals surface area contributed by atoms with Crippen molar-refractivity contribution in [2.75, 3.05) is 38.5 Å². The lowest BCUT2D eigenvalue weighted by Crippen LogP contribution is -2.48. The van der Waals surface area contributed by atoms with Crippen molar-refractivity contribution in [3.63, 3.8) is 0 Å². The second-order valence-corrected chi connectivity index (χ2v) is 8.76. The van der Waals surface area contributed by atoms with Gasteiger partial charge in [-0.3, -0.25) is 9.69 Å². The number of rotatable bonds is 8. The van der Waals surface area contributed by atoms with Gasteiger partial charge in [0.25, 0.3) is 5.91 Å². The average molecular weight is 433 g/mol. The van der Waals surface area contributed by atoms with Crippen LogP contribution < -0.4 is 4.74 Å². The average Bonchev–Trinajstić information content (AvgIpc) is 2.84. The summed E-state index contributed by atoms with van der Waals surface area (Å²) >= 11 is 1.78. The first-order valence-electron chi connectivity index (χ1n) is 10.7. The molecule has 0 saturated carbocycles.